The van der Waals surface area contributed by atoms with Crippen LogP contribution in [0.1, 0.15) is 40.3 Å². The minimum absolute atomic E-state index is 0.00399. The molecule has 3 aromatic rings. The molecule has 1 fully saturated rings. The second kappa shape index (κ2) is 8.24. The fourth-order valence-electron chi connectivity index (χ4n) is 4.49. The molecule has 0 saturated carbocycles. The van der Waals surface area contributed by atoms with Crippen molar-refractivity contribution in [2.24, 2.45) is 0 Å². The van der Waals surface area contributed by atoms with Crippen molar-refractivity contribution < 1.29 is 4.79 Å². The summed E-state index contributed by atoms with van der Waals surface area (Å²) < 4.78 is 1.82. The van der Waals surface area contributed by atoms with Crippen LogP contribution >= 0.6 is 22.9 Å². The fraction of sp³-hybridized carbons (Fsp3) is 0.455. The Balaban J connectivity index is 1.41. The van der Waals surface area contributed by atoms with E-state index < -0.39 is 0 Å². The number of hydrogen-bond acceptors (Lipinski definition) is 6. The monoisotopic (exact) mass is 457 g/mol. The van der Waals surface area contributed by atoms with Crippen molar-refractivity contribution in [3.05, 3.63) is 50.0 Å². The number of fused-ring (bicyclic) bond motifs is 2. The maximum absolute atomic E-state index is 13.3. The molecule has 1 saturated heterocycles. The molecule has 2 aliphatic rings. The summed E-state index contributed by atoms with van der Waals surface area (Å²) in [6, 6.07) is 3.64. The van der Waals surface area contributed by atoms with E-state index in [-0.39, 0.29) is 11.5 Å². The molecule has 0 N–H and O–H groups in total. The van der Waals surface area contributed by atoms with E-state index in [1.54, 1.807) is 6.20 Å². The highest BCUT2D eigenvalue weighted by atomic mass is 35.5. The van der Waals surface area contributed by atoms with Crippen LogP contribution in [0, 0.1) is 6.92 Å². The van der Waals surface area contributed by atoms with Gasteiger partial charge in [0.15, 0.2) is 0 Å². The molecule has 5 heterocycles. The molecule has 2 aliphatic heterocycles. The van der Waals surface area contributed by atoms with Gasteiger partial charge in [-0.25, -0.2) is 9.97 Å². The Hall–Kier alpha value is -2.45. The van der Waals surface area contributed by atoms with Crippen LogP contribution in [0.5, 0.6) is 0 Å². The Morgan fingerprint density at radius 2 is 1.94 bits per heavy atom. The van der Waals surface area contributed by atoms with Crippen LogP contribution in [0.3, 0.4) is 0 Å². The van der Waals surface area contributed by atoms with Gasteiger partial charge in [-0.2, -0.15) is 0 Å². The number of carbonyl (C=O) groups is 1. The molecular formula is C22H24ClN5O2S. The molecule has 3 aromatic heterocycles. The van der Waals surface area contributed by atoms with Crippen molar-refractivity contribution in [2.45, 2.75) is 39.2 Å². The molecule has 0 unspecified atom stereocenters. The average molecular weight is 458 g/mol. The Morgan fingerprint density at radius 3 is 2.71 bits per heavy atom. The molecular weight excluding hydrogens is 434 g/mol. The Bertz CT molecular complexity index is 1210. The maximum Gasteiger partial charge on any atom is 0.264 e. The number of anilines is 1. The van der Waals surface area contributed by atoms with E-state index in [1.165, 1.54) is 11.3 Å². The number of nitrogens with zero attached hydrogens (tertiary/aromatic N) is 5. The third kappa shape index (κ3) is 3.61. The fourth-order valence-corrected chi connectivity index (χ4v) is 5.89. The van der Waals surface area contributed by atoms with Gasteiger partial charge < -0.3 is 9.80 Å². The topological polar surface area (TPSA) is 71.3 Å². The van der Waals surface area contributed by atoms with Gasteiger partial charge in [0.2, 0.25) is 0 Å². The van der Waals surface area contributed by atoms with Gasteiger partial charge in [0.1, 0.15) is 16.5 Å². The normalized spacial score (nSPS) is 17.0. The van der Waals surface area contributed by atoms with Crippen LogP contribution in [0.25, 0.3) is 10.2 Å². The summed E-state index contributed by atoms with van der Waals surface area (Å²) in [4.78, 5) is 40.9. The SMILES string of the molecule is Cc1c(C(=O)N2CCN(c3ncccc3Cl)CC2)sc2nc3n(c(=O)c12)CCCCC3. The van der Waals surface area contributed by atoms with Crippen LogP contribution < -0.4 is 10.5 Å². The van der Waals surface area contributed by atoms with E-state index in [0.29, 0.717) is 52.8 Å². The Morgan fingerprint density at radius 1 is 1.13 bits per heavy atom. The standard InChI is InChI=1S/C22H24ClN5O2S/c1-14-17-20(25-16-7-3-2-4-9-28(16)21(17)29)31-18(14)22(30)27-12-10-26(11-13-27)19-15(23)6-5-8-24-19/h5-6,8H,2-4,7,9-13H2,1H3. The molecule has 1 amide bonds. The van der Waals surface area contributed by atoms with Crippen LogP contribution in [0.2, 0.25) is 5.02 Å². The van der Waals surface area contributed by atoms with Gasteiger partial charge >= 0.3 is 0 Å². The van der Waals surface area contributed by atoms with Gasteiger partial charge in [0.05, 0.1) is 15.3 Å². The zero-order chi connectivity index (χ0) is 21.5. The van der Waals surface area contributed by atoms with Gasteiger partial charge in [-0.1, -0.05) is 18.0 Å². The molecule has 0 bridgehead atoms. The summed E-state index contributed by atoms with van der Waals surface area (Å²) in [6.45, 7) is 5.10. The lowest BCUT2D eigenvalue weighted by molar-refractivity contribution is 0.0751. The first-order valence-electron chi connectivity index (χ1n) is 10.7. The van der Waals surface area contributed by atoms with Crippen molar-refractivity contribution in [2.75, 3.05) is 31.1 Å². The second-order valence-electron chi connectivity index (χ2n) is 8.12. The van der Waals surface area contributed by atoms with Crippen molar-refractivity contribution >= 4 is 44.9 Å². The largest absolute Gasteiger partial charge is 0.352 e. The lowest BCUT2D eigenvalue weighted by atomic mass is 10.2. The van der Waals surface area contributed by atoms with Crippen LogP contribution in [0.4, 0.5) is 5.82 Å². The number of rotatable bonds is 2. The lowest BCUT2D eigenvalue weighted by Gasteiger charge is -2.35. The third-order valence-corrected chi connectivity index (χ3v) is 7.68. The highest BCUT2D eigenvalue weighted by Crippen LogP contribution is 2.30. The first-order chi connectivity index (χ1) is 15.0. The van der Waals surface area contributed by atoms with Crippen molar-refractivity contribution in [3.8, 4) is 0 Å². The number of thiophene rings is 1. The van der Waals surface area contributed by atoms with Crippen LogP contribution in [-0.4, -0.2) is 51.5 Å². The van der Waals surface area contributed by atoms with Crippen molar-refractivity contribution in [3.63, 3.8) is 0 Å². The zero-order valence-corrected chi connectivity index (χ0v) is 19.0. The summed E-state index contributed by atoms with van der Waals surface area (Å²) in [5.74, 6) is 1.59. The smallest absolute Gasteiger partial charge is 0.264 e. The number of amides is 1. The first-order valence-corrected chi connectivity index (χ1v) is 11.9. The average Bonchev–Trinajstić information content (AvgIpc) is 2.95. The minimum Gasteiger partial charge on any atom is -0.352 e. The number of aromatic nitrogens is 3. The van der Waals surface area contributed by atoms with E-state index in [9.17, 15) is 9.59 Å². The molecule has 7 nitrogen and oxygen atoms in total. The van der Waals surface area contributed by atoms with E-state index in [4.69, 9.17) is 16.6 Å². The molecule has 9 heteroatoms. The van der Waals surface area contributed by atoms with E-state index in [0.717, 1.165) is 42.9 Å². The summed E-state index contributed by atoms with van der Waals surface area (Å²) in [7, 11) is 0. The summed E-state index contributed by atoms with van der Waals surface area (Å²) in [6.07, 6.45) is 5.73. The number of piperazine rings is 1. The number of hydrogen-bond donors (Lipinski definition) is 0. The van der Waals surface area contributed by atoms with Gasteiger partial charge in [-0.15, -0.1) is 11.3 Å². The predicted octanol–water partition coefficient (Wildman–Crippen LogP) is 3.50. The van der Waals surface area contributed by atoms with E-state index >= 15 is 0 Å². The van der Waals surface area contributed by atoms with E-state index in [1.807, 2.05) is 28.5 Å². The quantitative estimate of drug-likeness (QED) is 0.589. The minimum atomic E-state index is -0.0214. The maximum atomic E-state index is 13.3. The summed E-state index contributed by atoms with van der Waals surface area (Å²) in [5, 5.41) is 1.23. The number of aryl methyl sites for hydroxylation is 2. The summed E-state index contributed by atoms with van der Waals surface area (Å²) >= 11 is 7.63. The Labute approximate surface area is 189 Å². The summed E-state index contributed by atoms with van der Waals surface area (Å²) in [5.41, 5.74) is 0.765. The van der Waals surface area contributed by atoms with Crippen molar-refractivity contribution in [1.82, 2.24) is 19.4 Å². The predicted molar refractivity (Wildman–Crippen MR) is 124 cm³/mol. The zero-order valence-electron chi connectivity index (χ0n) is 17.4. The number of pyridine rings is 1. The lowest BCUT2D eigenvalue weighted by Crippen LogP contribution is -2.49. The van der Waals surface area contributed by atoms with Crippen LogP contribution in [-0.2, 0) is 13.0 Å². The number of halogens is 1. The first kappa shape index (κ1) is 20.5. The highest BCUT2D eigenvalue weighted by Gasteiger charge is 2.28. The molecule has 0 atom stereocenters. The second-order valence-corrected chi connectivity index (χ2v) is 9.53. The molecule has 162 valence electrons. The molecule has 31 heavy (non-hydrogen) atoms. The van der Waals surface area contributed by atoms with Gasteiger partial charge in [0, 0.05) is 45.3 Å². The molecule has 0 aliphatic carbocycles. The van der Waals surface area contributed by atoms with Gasteiger partial charge in [-0.05, 0) is 37.5 Å². The van der Waals surface area contributed by atoms with Gasteiger partial charge in [0.25, 0.3) is 11.5 Å². The highest BCUT2D eigenvalue weighted by molar-refractivity contribution is 7.20. The van der Waals surface area contributed by atoms with Gasteiger partial charge in [-0.3, -0.25) is 14.2 Å². The third-order valence-electron chi connectivity index (χ3n) is 6.21. The molecule has 0 radical (unpaired) electrons. The van der Waals surface area contributed by atoms with Crippen molar-refractivity contribution in [1.29, 1.82) is 0 Å². The molecule has 0 spiro atoms. The van der Waals surface area contributed by atoms with E-state index in [2.05, 4.69) is 9.88 Å². The van der Waals surface area contributed by atoms with Crippen LogP contribution in [0.15, 0.2) is 23.1 Å². The molecule has 0 aromatic carbocycles. The molecule has 5 rings (SSSR count). The number of carbonyl (C=O) groups excluding carboxylic acids is 1. The Kier molecular flexibility index (Phi) is 5.44.